The first kappa shape index (κ1) is 35.4. The lowest BCUT2D eigenvalue weighted by Crippen LogP contribution is -2.68. The standard InChI is InChI=1S/C35H41N3O6.ClH/c1-24-30(33(39)40)31(27-17-12-18-28(23-27)37(43)44)32(34(41)42)35(2,38(24,4)5)20-22-36(3)21-19-29(25-13-8-6-9-14-25)26-15-10-7-11-16-26;/h6-18,23,29,31-32H,19-22H2,1-5H3,(H-,39,40,41,42);1H. The summed E-state index contributed by atoms with van der Waals surface area (Å²) in [6.07, 6.45) is 1.27. The summed E-state index contributed by atoms with van der Waals surface area (Å²) in [5, 5.41) is 34.9. The Labute approximate surface area is 271 Å². The van der Waals surface area contributed by atoms with E-state index in [1.54, 1.807) is 13.0 Å². The van der Waals surface area contributed by atoms with Gasteiger partial charge in [-0.05, 0) is 43.6 Å². The Morgan fingerprint density at radius 3 is 2.02 bits per heavy atom. The first-order chi connectivity index (χ1) is 20.8. The van der Waals surface area contributed by atoms with Gasteiger partial charge < -0.3 is 19.9 Å². The Morgan fingerprint density at radius 2 is 1.53 bits per heavy atom. The van der Waals surface area contributed by atoms with Crippen LogP contribution in [0.15, 0.2) is 96.2 Å². The van der Waals surface area contributed by atoms with Crippen molar-refractivity contribution in [1.82, 2.24) is 4.90 Å². The van der Waals surface area contributed by atoms with Crippen molar-refractivity contribution in [3.05, 3.63) is 123 Å². The lowest BCUT2D eigenvalue weighted by atomic mass is 9.64. The summed E-state index contributed by atoms with van der Waals surface area (Å²) in [4.78, 5) is 38.9. The molecule has 3 unspecified atom stereocenters. The molecule has 0 saturated heterocycles. The fourth-order valence-corrected chi connectivity index (χ4v) is 6.86. The van der Waals surface area contributed by atoms with Crippen LogP contribution >= 0.6 is 12.4 Å². The van der Waals surface area contributed by atoms with Crippen molar-refractivity contribution in [2.24, 2.45) is 5.92 Å². The zero-order chi connectivity index (χ0) is 32.2. The monoisotopic (exact) mass is 635 g/mol. The van der Waals surface area contributed by atoms with Crippen LogP contribution in [0.5, 0.6) is 0 Å². The predicted octanol–water partition coefficient (Wildman–Crippen LogP) is 5.22. The highest BCUT2D eigenvalue weighted by molar-refractivity contribution is 5.91. The van der Waals surface area contributed by atoms with Crippen LogP contribution in [-0.4, -0.2) is 71.1 Å². The molecule has 0 aliphatic carbocycles. The number of nitro benzene ring substituents is 1. The van der Waals surface area contributed by atoms with Crippen LogP contribution in [-0.2, 0) is 9.59 Å². The van der Waals surface area contributed by atoms with Crippen molar-refractivity contribution in [1.29, 1.82) is 0 Å². The Hall–Kier alpha value is -4.05. The van der Waals surface area contributed by atoms with E-state index < -0.39 is 34.2 Å². The molecule has 1 N–H and O–H groups in total. The quantitative estimate of drug-likeness (QED) is 0.164. The summed E-state index contributed by atoms with van der Waals surface area (Å²) in [6, 6.07) is 26.3. The van der Waals surface area contributed by atoms with Crippen molar-refractivity contribution in [3.63, 3.8) is 0 Å². The number of benzene rings is 3. The largest absolute Gasteiger partial charge is 0.550 e. The molecule has 240 valence electrons. The van der Waals surface area contributed by atoms with Crippen molar-refractivity contribution in [2.45, 2.75) is 44.1 Å². The lowest BCUT2D eigenvalue weighted by molar-refractivity contribution is -0.912. The average Bonchev–Trinajstić information content (AvgIpc) is 2.99. The molecule has 9 nitrogen and oxygen atoms in total. The van der Waals surface area contributed by atoms with Gasteiger partial charge in [0.2, 0.25) is 0 Å². The maximum absolute atomic E-state index is 13.0. The SMILES string of the molecule is CC1=C(C(=O)O)C(c2cccc([N+](=O)[O-])c2)C(C(=O)[O-])C(C)(CCN(C)CCC(c2ccccc2)c2ccccc2)[N+]1(C)C.Cl. The molecule has 0 spiro atoms. The van der Waals surface area contributed by atoms with Crippen molar-refractivity contribution >= 4 is 30.0 Å². The number of carbonyl (C=O) groups is 2. The first-order valence-electron chi connectivity index (χ1n) is 14.8. The summed E-state index contributed by atoms with van der Waals surface area (Å²) in [5.74, 6) is -4.82. The first-order valence-corrected chi connectivity index (χ1v) is 14.8. The number of nitro groups is 1. The molecule has 1 aliphatic rings. The Morgan fingerprint density at radius 1 is 0.978 bits per heavy atom. The van der Waals surface area contributed by atoms with E-state index in [2.05, 4.69) is 29.2 Å². The minimum absolute atomic E-state index is 0. The number of halogens is 1. The van der Waals surface area contributed by atoms with Gasteiger partial charge in [-0.1, -0.05) is 72.8 Å². The Bertz CT molecular complexity index is 1510. The Kier molecular flexibility index (Phi) is 11.3. The minimum atomic E-state index is -1.38. The van der Waals surface area contributed by atoms with Gasteiger partial charge in [-0.2, -0.15) is 0 Å². The number of quaternary nitrogens is 1. The molecular formula is C35H42ClN3O6. The zero-order valence-electron chi connectivity index (χ0n) is 26.4. The van der Waals surface area contributed by atoms with E-state index in [4.69, 9.17) is 0 Å². The maximum atomic E-state index is 13.0. The van der Waals surface area contributed by atoms with Crippen LogP contribution in [0.2, 0.25) is 0 Å². The van der Waals surface area contributed by atoms with Crippen molar-refractivity contribution in [2.75, 3.05) is 34.2 Å². The third kappa shape index (κ3) is 7.11. The molecule has 3 atom stereocenters. The molecule has 3 aromatic carbocycles. The molecule has 0 radical (unpaired) electrons. The van der Waals surface area contributed by atoms with E-state index in [1.807, 2.05) is 64.5 Å². The van der Waals surface area contributed by atoms with Gasteiger partial charge in [-0.3, -0.25) is 14.6 Å². The van der Waals surface area contributed by atoms with E-state index in [0.717, 1.165) is 13.0 Å². The van der Waals surface area contributed by atoms with Crippen LogP contribution in [0.3, 0.4) is 0 Å². The fraction of sp³-hybridized carbons (Fsp3) is 0.371. The smallest absolute Gasteiger partial charge is 0.337 e. The molecule has 3 aromatic rings. The lowest BCUT2D eigenvalue weighted by Gasteiger charge is -2.57. The second kappa shape index (κ2) is 14.4. The number of nitrogens with zero attached hydrogens (tertiary/aromatic N) is 3. The normalized spacial score (nSPS) is 21.0. The molecule has 0 fully saturated rings. The number of allylic oxidation sites excluding steroid dienone is 1. The molecule has 1 aliphatic heterocycles. The molecule has 0 saturated carbocycles. The van der Waals surface area contributed by atoms with Crippen molar-refractivity contribution < 1.29 is 29.2 Å². The van der Waals surface area contributed by atoms with Gasteiger partial charge in [0.25, 0.3) is 5.69 Å². The third-order valence-corrected chi connectivity index (χ3v) is 9.95. The van der Waals surface area contributed by atoms with E-state index in [0.29, 0.717) is 18.7 Å². The molecule has 4 rings (SSSR count). The number of carbonyl (C=O) groups excluding carboxylic acids is 1. The van der Waals surface area contributed by atoms with Crippen LogP contribution in [0.1, 0.15) is 55.2 Å². The predicted molar refractivity (Wildman–Crippen MR) is 174 cm³/mol. The highest BCUT2D eigenvalue weighted by Gasteiger charge is 2.59. The maximum Gasteiger partial charge on any atom is 0.337 e. The van der Waals surface area contributed by atoms with Crippen molar-refractivity contribution in [3.8, 4) is 0 Å². The highest BCUT2D eigenvalue weighted by atomic mass is 35.5. The molecule has 10 heteroatoms. The number of aliphatic carboxylic acids is 2. The number of hydrogen-bond acceptors (Lipinski definition) is 6. The van der Waals surface area contributed by atoms with Crippen LogP contribution in [0.4, 0.5) is 5.69 Å². The van der Waals surface area contributed by atoms with E-state index in [9.17, 15) is 29.9 Å². The summed E-state index contributed by atoms with van der Waals surface area (Å²) in [6.45, 7) is 4.88. The minimum Gasteiger partial charge on any atom is -0.550 e. The van der Waals surface area contributed by atoms with Gasteiger partial charge in [-0.15, -0.1) is 12.4 Å². The molecule has 0 amide bonds. The Balaban J connectivity index is 0.00000552. The number of carboxylic acids is 2. The summed E-state index contributed by atoms with van der Waals surface area (Å²) < 4.78 is 0.0310. The van der Waals surface area contributed by atoms with E-state index in [1.165, 1.54) is 29.3 Å². The average molecular weight is 636 g/mol. The zero-order valence-corrected chi connectivity index (χ0v) is 27.2. The molecule has 45 heavy (non-hydrogen) atoms. The van der Waals surface area contributed by atoms with Crippen LogP contribution in [0, 0.1) is 16.0 Å². The van der Waals surface area contributed by atoms with E-state index >= 15 is 0 Å². The van der Waals surface area contributed by atoms with Gasteiger partial charge in [0.05, 0.1) is 30.9 Å². The highest BCUT2D eigenvalue weighted by Crippen LogP contribution is 2.52. The summed E-state index contributed by atoms with van der Waals surface area (Å²) in [5.41, 5.74) is 1.94. The van der Waals surface area contributed by atoms with Crippen LogP contribution < -0.4 is 5.11 Å². The second-order valence-corrected chi connectivity index (χ2v) is 12.5. The number of carboxylic acid groups (broad SMARTS) is 2. The summed E-state index contributed by atoms with van der Waals surface area (Å²) in [7, 11) is 5.67. The topological polar surface area (TPSA) is 124 Å². The van der Waals surface area contributed by atoms with Gasteiger partial charge in [0.15, 0.2) is 0 Å². The number of hydrogen-bond donors (Lipinski definition) is 1. The molecule has 0 aromatic heterocycles. The van der Waals surface area contributed by atoms with Gasteiger partial charge in [0.1, 0.15) is 16.8 Å². The third-order valence-electron chi connectivity index (χ3n) is 9.95. The summed E-state index contributed by atoms with van der Waals surface area (Å²) >= 11 is 0. The fourth-order valence-electron chi connectivity index (χ4n) is 6.86. The molecule has 1 heterocycles. The van der Waals surface area contributed by atoms with Gasteiger partial charge >= 0.3 is 5.97 Å². The van der Waals surface area contributed by atoms with Gasteiger partial charge in [-0.25, -0.2) is 4.79 Å². The van der Waals surface area contributed by atoms with Crippen LogP contribution in [0.25, 0.3) is 0 Å². The second-order valence-electron chi connectivity index (χ2n) is 12.5. The molecular weight excluding hydrogens is 594 g/mol. The van der Waals surface area contributed by atoms with E-state index in [-0.39, 0.29) is 39.6 Å². The number of non-ortho nitro benzene ring substituents is 1. The van der Waals surface area contributed by atoms with Gasteiger partial charge in [0, 0.05) is 43.9 Å². The number of rotatable bonds is 12. The molecule has 0 bridgehead atoms.